The van der Waals surface area contributed by atoms with E-state index >= 15 is 0 Å². The van der Waals surface area contributed by atoms with Gasteiger partial charge >= 0.3 is 0 Å². The van der Waals surface area contributed by atoms with Crippen LogP contribution in [0.5, 0.6) is 0 Å². The molecule has 1 heterocycles. The number of hydrogen-bond donors (Lipinski definition) is 2. The van der Waals surface area contributed by atoms with Crippen molar-refractivity contribution in [3.05, 3.63) is 5.95 Å². The molecule has 6 heteroatoms. The van der Waals surface area contributed by atoms with Gasteiger partial charge in [-0.15, -0.1) is 10.2 Å². The summed E-state index contributed by atoms with van der Waals surface area (Å²) in [6.07, 6.45) is 0.989. The summed E-state index contributed by atoms with van der Waals surface area (Å²) >= 11 is 0. The quantitative estimate of drug-likeness (QED) is 0.486. The molecular formula is C6H10FN5. The second-order valence-corrected chi connectivity index (χ2v) is 3.13. The van der Waals surface area contributed by atoms with Gasteiger partial charge in [-0.3, -0.25) is 5.01 Å². The van der Waals surface area contributed by atoms with E-state index in [9.17, 15) is 4.39 Å². The van der Waals surface area contributed by atoms with E-state index in [2.05, 4.69) is 22.3 Å². The Morgan fingerprint density at radius 3 is 2.75 bits per heavy atom. The van der Waals surface area contributed by atoms with Crippen molar-refractivity contribution >= 4 is 5.82 Å². The van der Waals surface area contributed by atoms with Gasteiger partial charge in [-0.2, -0.15) is 9.60 Å². The van der Waals surface area contributed by atoms with Gasteiger partial charge in [-0.1, -0.05) is 6.92 Å². The maximum atomic E-state index is 12.8. The van der Waals surface area contributed by atoms with Gasteiger partial charge in [-0.05, 0) is 12.3 Å². The smallest absolute Gasteiger partial charge is 0.277 e. The summed E-state index contributed by atoms with van der Waals surface area (Å²) < 4.78 is 12.8. The standard InChI is InChI=1S/C6H10FN5/c1-3-2-4(3)12(8)6-5(7)9-11-10-6/h3-4H,2,8H2,1H3,(H,9,10,11). The third-order valence-corrected chi connectivity index (χ3v) is 2.16. The number of nitrogens with one attached hydrogen (secondary N) is 1. The Hall–Kier alpha value is -1.17. The fourth-order valence-corrected chi connectivity index (χ4v) is 1.22. The Labute approximate surface area is 68.7 Å². The lowest BCUT2D eigenvalue weighted by molar-refractivity contribution is 0.572. The van der Waals surface area contributed by atoms with Crippen molar-refractivity contribution in [1.29, 1.82) is 0 Å². The third-order valence-electron chi connectivity index (χ3n) is 2.16. The van der Waals surface area contributed by atoms with Gasteiger partial charge < -0.3 is 0 Å². The van der Waals surface area contributed by atoms with Crippen LogP contribution < -0.4 is 10.9 Å². The van der Waals surface area contributed by atoms with Gasteiger partial charge in [0.15, 0.2) is 0 Å². The number of anilines is 1. The number of nitrogens with zero attached hydrogens (tertiary/aromatic N) is 3. The van der Waals surface area contributed by atoms with Gasteiger partial charge in [0.2, 0.25) is 5.82 Å². The second kappa shape index (κ2) is 2.41. The van der Waals surface area contributed by atoms with Crippen molar-refractivity contribution in [2.75, 3.05) is 5.01 Å². The van der Waals surface area contributed by atoms with E-state index in [0.717, 1.165) is 6.42 Å². The number of aromatic nitrogens is 3. The van der Waals surface area contributed by atoms with Crippen LogP contribution in [0.15, 0.2) is 0 Å². The monoisotopic (exact) mass is 171 g/mol. The summed E-state index contributed by atoms with van der Waals surface area (Å²) in [5.74, 6) is 5.59. The Morgan fingerprint density at radius 1 is 1.67 bits per heavy atom. The van der Waals surface area contributed by atoms with Gasteiger partial charge in [-0.25, -0.2) is 5.84 Å². The van der Waals surface area contributed by atoms with Crippen LogP contribution in [0.3, 0.4) is 0 Å². The third kappa shape index (κ3) is 1.04. The summed E-state index contributed by atoms with van der Waals surface area (Å²) in [7, 11) is 0. The molecule has 0 saturated heterocycles. The molecule has 1 aliphatic rings. The number of halogens is 1. The van der Waals surface area contributed by atoms with E-state index in [-0.39, 0.29) is 11.9 Å². The van der Waals surface area contributed by atoms with Crippen molar-refractivity contribution in [2.45, 2.75) is 19.4 Å². The average Bonchev–Trinajstić information content (AvgIpc) is 2.59. The minimum atomic E-state index is -0.642. The van der Waals surface area contributed by atoms with E-state index in [0.29, 0.717) is 5.92 Å². The van der Waals surface area contributed by atoms with Gasteiger partial charge in [0.25, 0.3) is 5.95 Å². The molecule has 0 radical (unpaired) electrons. The zero-order valence-electron chi connectivity index (χ0n) is 6.66. The van der Waals surface area contributed by atoms with Crippen LogP contribution in [-0.4, -0.2) is 21.5 Å². The van der Waals surface area contributed by atoms with Crippen LogP contribution >= 0.6 is 0 Å². The van der Waals surface area contributed by atoms with E-state index in [1.807, 2.05) is 0 Å². The Balaban J connectivity index is 2.14. The Kier molecular flexibility index (Phi) is 1.50. The highest BCUT2D eigenvalue weighted by molar-refractivity contribution is 5.37. The molecule has 0 bridgehead atoms. The van der Waals surface area contributed by atoms with Gasteiger partial charge in [0, 0.05) is 6.04 Å². The normalized spacial score (nSPS) is 27.2. The lowest BCUT2D eigenvalue weighted by Gasteiger charge is -2.13. The maximum absolute atomic E-state index is 12.8. The molecular weight excluding hydrogens is 161 g/mol. The summed E-state index contributed by atoms with van der Waals surface area (Å²) in [4.78, 5) is 0. The Morgan fingerprint density at radius 2 is 2.33 bits per heavy atom. The Bertz CT molecular complexity index is 285. The molecule has 5 nitrogen and oxygen atoms in total. The molecule has 1 aliphatic carbocycles. The van der Waals surface area contributed by atoms with E-state index in [1.54, 1.807) is 0 Å². The summed E-state index contributed by atoms with van der Waals surface area (Å²) in [5, 5.41) is 10.4. The molecule has 2 unspecified atom stereocenters. The predicted octanol–water partition coefficient (Wildman–Crippen LogP) is 0.0323. The minimum Gasteiger partial charge on any atom is -0.286 e. The minimum absolute atomic E-state index is 0.101. The molecule has 0 aromatic carbocycles. The molecule has 12 heavy (non-hydrogen) atoms. The van der Waals surface area contributed by atoms with Crippen LogP contribution in [0.25, 0.3) is 0 Å². The maximum Gasteiger partial charge on any atom is 0.277 e. The lowest BCUT2D eigenvalue weighted by atomic mass is 10.4. The highest BCUT2D eigenvalue weighted by Gasteiger charge is 2.39. The summed E-state index contributed by atoms with van der Waals surface area (Å²) in [6.45, 7) is 2.06. The van der Waals surface area contributed by atoms with Crippen molar-refractivity contribution in [3.63, 3.8) is 0 Å². The first kappa shape index (κ1) is 7.48. The number of hydrazine groups is 1. The van der Waals surface area contributed by atoms with Crippen LogP contribution in [0.2, 0.25) is 0 Å². The largest absolute Gasteiger partial charge is 0.286 e. The number of aromatic amines is 1. The molecule has 0 spiro atoms. The van der Waals surface area contributed by atoms with Crippen LogP contribution in [0.1, 0.15) is 13.3 Å². The summed E-state index contributed by atoms with van der Waals surface area (Å²) in [6, 6.07) is 0.213. The van der Waals surface area contributed by atoms with Crippen LogP contribution in [0.4, 0.5) is 10.2 Å². The van der Waals surface area contributed by atoms with Crippen LogP contribution in [0, 0.1) is 11.9 Å². The fourth-order valence-electron chi connectivity index (χ4n) is 1.22. The van der Waals surface area contributed by atoms with Crippen molar-refractivity contribution in [1.82, 2.24) is 15.4 Å². The molecule has 1 fully saturated rings. The zero-order valence-corrected chi connectivity index (χ0v) is 6.66. The van der Waals surface area contributed by atoms with E-state index in [1.165, 1.54) is 5.01 Å². The zero-order chi connectivity index (χ0) is 8.72. The second-order valence-electron chi connectivity index (χ2n) is 3.13. The number of hydrogen-bond acceptors (Lipinski definition) is 4. The predicted molar refractivity (Wildman–Crippen MR) is 40.6 cm³/mol. The number of nitrogens with two attached hydrogens (primary N) is 1. The molecule has 1 aromatic rings. The lowest BCUT2D eigenvalue weighted by Crippen LogP contribution is -2.35. The first-order valence-corrected chi connectivity index (χ1v) is 3.80. The van der Waals surface area contributed by atoms with Crippen LogP contribution in [-0.2, 0) is 0 Å². The first-order valence-electron chi connectivity index (χ1n) is 3.80. The molecule has 1 aromatic heterocycles. The number of H-pyrrole nitrogens is 1. The first-order chi connectivity index (χ1) is 5.70. The molecule has 66 valence electrons. The average molecular weight is 171 g/mol. The molecule has 0 aliphatic heterocycles. The molecule has 0 amide bonds. The molecule has 3 N–H and O–H groups in total. The fraction of sp³-hybridized carbons (Fsp3) is 0.667. The summed E-state index contributed by atoms with van der Waals surface area (Å²) in [5.41, 5.74) is 0. The van der Waals surface area contributed by atoms with Crippen molar-refractivity contribution < 1.29 is 4.39 Å². The number of rotatable bonds is 2. The highest BCUT2D eigenvalue weighted by atomic mass is 19.1. The van der Waals surface area contributed by atoms with Gasteiger partial charge in [0.1, 0.15) is 0 Å². The van der Waals surface area contributed by atoms with Gasteiger partial charge in [0.05, 0.1) is 0 Å². The molecule has 2 atom stereocenters. The van der Waals surface area contributed by atoms with Crippen molar-refractivity contribution in [3.8, 4) is 0 Å². The highest BCUT2D eigenvalue weighted by Crippen LogP contribution is 2.35. The van der Waals surface area contributed by atoms with Crippen molar-refractivity contribution in [2.24, 2.45) is 11.8 Å². The molecule has 2 rings (SSSR count). The SMILES string of the molecule is CC1CC1N(N)c1n[nH]nc1F. The topological polar surface area (TPSA) is 70.8 Å². The van der Waals surface area contributed by atoms with E-state index < -0.39 is 5.95 Å². The van der Waals surface area contributed by atoms with E-state index in [4.69, 9.17) is 5.84 Å². The molecule has 1 saturated carbocycles.